The van der Waals surface area contributed by atoms with Crippen molar-refractivity contribution in [2.24, 2.45) is 0 Å². The van der Waals surface area contributed by atoms with Crippen molar-refractivity contribution in [1.82, 2.24) is 0 Å². The van der Waals surface area contributed by atoms with Crippen LogP contribution in [0.2, 0.25) is 5.82 Å². The molecule has 1 aliphatic heterocycles. The van der Waals surface area contributed by atoms with Gasteiger partial charge >= 0.3 is 7.12 Å². The van der Waals surface area contributed by atoms with Gasteiger partial charge in [-0.3, -0.25) is 0 Å². The summed E-state index contributed by atoms with van der Waals surface area (Å²) in [6.45, 7) is 20.5. The molecule has 1 rings (SSSR count). The molecule has 0 unspecified atom stereocenters. The molecule has 16 heavy (non-hydrogen) atoms. The topological polar surface area (TPSA) is 18.5 Å². The second-order valence-electron chi connectivity index (χ2n) is 4.87. The molecule has 1 heterocycles. The molecule has 0 aromatic rings. The Kier molecular flexibility index (Phi) is 8.42. The van der Waals surface area contributed by atoms with Gasteiger partial charge < -0.3 is 9.31 Å². The van der Waals surface area contributed by atoms with Gasteiger partial charge in [0.2, 0.25) is 0 Å². The fraction of sp³-hybridized carbons (Fsp3) is 1.00. The van der Waals surface area contributed by atoms with Crippen LogP contribution in [0.4, 0.5) is 0 Å². The lowest BCUT2D eigenvalue weighted by Gasteiger charge is -2.32. The first-order valence-electron chi connectivity index (χ1n) is 6.62. The van der Waals surface area contributed by atoms with E-state index in [1.165, 1.54) is 0 Å². The van der Waals surface area contributed by atoms with E-state index in [2.05, 4.69) is 41.5 Å². The molecule has 0 radical (unpaired) electrons. The highest BCUT2D eigenvalue weighted by molar-refractivity contribution is 6.47. The number of hydrogen-bond donors (Lipinski definition) is 0. The van der Waals surface area contributed by atoms with Crippen LogP contribution in [0.15, 0.2) is 0 Å². The largest absolute Gasteiger partial charge is 0.460 e. The van der Waals surface area contributed by atoms with Crippen molar-refractivity contribution in [1.29, 1.82) is 0 Å². The summed E-state index contributed by atoms with van der Waals surface area (Å²) in [7, 11) is -0.0463. The minimum atomic E-state index is -0.179. The molecule has 1 saturated heterocycles. The summed E-state index contributed by atoms with van der Waals surface area (Å²) in [5.74, 6) is 0.422. The third-order valence-electron chi connectivity index (χ3n) is 2.82. The summed E-state index contributed by atoms with van der Waals surface area (Å²) in [5, 5.41) is 0. The van der Waals surface area contributed by atoms with E-state index in [9.17, 15) is 0 Å². The molecule has 3 heteroatoms. The van der Waals surface area contributed by atoms with Gasteiger partial charge in [0.05, 0.1) is 11.2 Å². The second-order valence-corrected chi connectivity index (χ2v) is 4.87. The highest BCUT2D eigenvalue weighted by atomic mass is 16.7. The van der Waals surface area contributed by atoms with Crippen LogP contribution >= 0.6 is 0 Å². The molecular formula is C13H31BO2. The Balaban J connectivity index is 0. The normalized spacial score (nSPS) is 20.8. The van der Waals surface area contributed by atoms with Crippen molar-refractivity contribution in [2.45, 2.75) is 86.3 Å². The maximum Gasteiger partial charge on any atom is 0.460 e. The lowest BCUT2D eigenvalue weighted by atomic mass is 9.75. The maximum absolute atomic E-state index is 5.80. The van der Waals surface area contributed by atoms with Gasteiger partial charge in [0, 0.05) is 0 Å². The van der Waals surface area contributed by atoms with Crippen molar-refractivity contribution in [2.75, 3.05) is 0 Å². The van der Waals surface area contributed by atoms with Gasteiger partial charge in [-0.2, -0.15) is 0 Å². The standard InChI is InChI=1S/C9H19BO2.2C2H6/c1-7(2)10-11-8(3,4)9(5,6)12-10;2*1-2/h7H,1-6H3;2*1-2H3. The summed E-state index contributed by atoms with van der Waals surface area (Å²) < 4.78 is 11.6. The Morgan fingerprint density at radius 2 is 1.00 bits per heavy atom. The van der Waals surface area contributed by atoms with Gasteiger partial charge in [0.1, 0.15) is 0 Å². The first kappa shape index (κ1) is 18.4. The van der Waals surface area contributed by atoms with Crippen molar-refractivity contribution < 1.29 is 9.31 Å². The first-order chi connectivity index (χ1) is 7.26. The highest BCUT2D eigenvalue weighted by Gasteiger charge is 2.51. The van der Waals surface area contributed by atoms with Crippen molar-refractivity contribution in [3.63, 3.8) is 0 Å². The number of rotatable bonds is 1. The van der Waals surface area contributed by atoms with Crippen LogP contribution in [0.1, 0.15) is 69.2 Å². The summed E-state index contributed by atoms with van der Waals surface area (Å²) in [5.41, 5.74) is -0.357. The van der Waals surface area contributed by atoms with E-state index in [1.54, 1.807) is 0 Å². The predicted octanol–water partition coefficient (Wildman–Crippen LogP) is 4.54. The van der Waals surface area contributed by atoms with Crippen LogP contribution in [-0.4, -0.2) is 18.3 Å². The van der Waals surface area contributed by atoms with E-state index in [0.717, 1.165) is 0 Å². The molecule has 1 aliphatic rings. The summed E-state index contributed by atoms with van der Waals surface area (Å²) >= 11 is 0. The summed E-state index contributed by atoms with van der Waals surface area (Å²) in [6.07, 6.45) is 0. The smallest absolute Gasteiger partial charge is 0.403 e. The van der Waals surface area contributed by atoms with E-state index in [0.29, 0.717) is 5.82 Å². The Labute approximate surface area is 103 Å². The molecule has 0 bridgehead atoms. The van der Waals surface area contributed by atoms with Crippen LogP contribution in [-0.2, 0) is 9.31 Å². The second kappa shape index (κ2) is 7.34. The minimum absolute atomic E-state index is 0.0463. The van der Waals surface area contributed by atoms with Gasteiger partial charge in [-0.05, 0) is 33.5 Å². The molecule has 0 aromatic carbocycles. The quantitative estimate of drug-likeness (QED) is 0.615. The Morgan fingerprint density at radius 1 is 0.750 bits per heavy atom. The highest BCUT2D eigenvalue weighted by Crippen LogP contribution is 2.39. The fourth-order valence-corrected chi connectivity index (χ4v) is 1.16. The van der Waals surface area contributed by atoms with Crippen molar-refractivity contribution >= 4 is 7.12 Å². The molecule has 0 saturated carbocycles. The van der Waals surface area contributed by atoms with Gasteiger partial charge in [0.25, 0.3) is 0 Å². The first-order valence-corrected chi connectivity index (χ1v) is 6.62. The van der Waals surface area contributed by atoms with E-state index in [-0.39, 0.29) is 18.3 Å². The predicted molar refractivity (Wildman–Crippen MR) is 73.9 cm³/mol. The van der Waals surface area contributed by atoms with E-state index in [1.807, 2.05) is 27.7 Å². The molecule has 0 N–H and O–H groups in total. The van der Waals surface area contributed by atoms with E-state index in [4.69, 9.17) is 9.31 Å². The van der Waals surface area contributed by atoms with Crippen molar-refractivity contribution in [3.8, 4) is 0 Å². The molecule has 0 aliphatic carbocycles. The van der Waals surface area contributed by atoms with Gasteiger partial charge in [0.15, 0.2) is 0 Å². The Morgan fingerprint density at radius 3 is 1.12 bits per heavy atom. The Hall–Kier alpha value is -0.0151. The molecule has 0 spiro atoms. The number of hydrogen-bond acceptors (Lipinski definition) is 2. The molecule has 1 fully saturated rings. The maximum atomic E-state index is 5.80. The zero-order valence-electron chi connectivity index (χ0n) is 13.0. The van der Waals surface area contributed by atoms with Crippen LogP contribution in [0.5, 0.6) is 0 Å². The Bertz CT molecular complexity index is 161. The van der Waals surface area contributed by atoms with E-state index >= 15 is 0 Å². The lowest BCUT2D eigenvalue weighted by molar-refractivity contribution is 0.00578. The average Bonchev–Trinajstić information content (AvgIpc) is 2.43. The molecule has 0 amide bonds. The van der Waals surface area contributed by atoms with Crippen LogP contribution < -0.4 is 0 Å². The van der Waals surface area contributed by atoms with Gasteiger partial charge in [-0.25, -0.2) is 0 Å². The zero-order valence-corrected chi connectivity index (χ0v) is 13.0. The molecule has 0 aromatic heterocycles. The molecule has 98 valence electrons. The molecular weight excluding hydrogens is 199 g/mol. The lowest BCUT2D eigenvalue weighted by Crippen LogP contribution is -2.41. The molecule has 0 atom stereocenters. The third kappa shape index (κ3) is 4.46. The minimum Gasteiger partial charge on any atom is -0.403 e. The third-order valence-corrected chi connectivity index (χ3v) is 2.82. The van der Waals surface area contributed by atoms with Crippen molar-refractivity contribution in [3.05, 3.63) is 0 Å². The fourth-order valence-electron chi connectivity index (χ4n) is 1.16. The summed E-state index contributed by atoms with van der Waals surface area (Å²) in [6, 6.07) is 0. The van der Waals surface area contributed by atoms with E-state index < -0.39 is 0 Å². The zero-order chi connectivity index (χ0) is 13.6. The monoisotopic (exact) mass is 230 g/mol. The van der Waals surface area contributed by atoms with Crippen LogP contribution in [0, 0.1) is 0 Å². The van der Waals surface area contributed by atoms with Crippen LogP contribution in [0.25, 0.3) is 0 Å². The van der Waals surface area contributed by atoms with Gasteiger partial charge in [-0.1, -0.05) is 41.5 Å². The van der Waals surface area contributed by atoms with Crippen LogP contribution in [0.3, 0.4) is 0 Å². The average molecular weight is 230 g/mol. The SMILES string of the molecule is CC.CC.CC(C)B1OC(C)(C)C(C)(C)O1. The molecule has 2 nitrogen and oxygen atoms in total. The summed E-state index contributed by atoms with van der Waals surface area (Å²) in [4.78, 5) is 0. The van der Waals surface area contributed by atoms with Gasteiger partial charge in [-0.15, -0.1) is 0 Å².